The highest BCUT2D eigenvalue weighted by Crippen LogP contribution is 2.15. The summed E-state index contributed by atoms with van der Waals surface area (Å²) in [6.07, 6.45) is 4.77. The van der Waals surface area contributed by atoms with Crippen molar-refractivity contribution in [1.82, 2.24) is 10.2 Å². The maximum absolute atomic E-state index is 3.51. The Bertz CT molecular complexity index is 594. The lowest BCUT2D eigenvalue weighted by Gasteiger charge is -2.33. The van der Waals surface area contributed by atoms with Gasteiger partial charge < -0.3 is 10.2 Å². The smallest absolute Gasteiger partial charge is 0.0218 e. The van der Waals surface area contributed by atoms with Gasteiger partial charge in [-0.1, -0.05) is 54.6 Å². The Morgan fingerprint density at radius 3 is 2.61 bits per heavy atom. The van der Waals surface area contributed by atoms with Gasteiger partial charge in [0, 0.05) is 25.7 Å². The van der Waals surface area contributed by atoms with Crippen molar-refractivity contribution >= 4 is 0 Å². The van der Waals surface area contributed by atoms with Crippen molar-refractivity contribution in [2.45, 2.75) is 31.7 Å². The van der Waals surface area contributed by atoms with Gasteiger partial charge in [0.2, 0.25) is 0 Å². The van der Waals surface area contributed by atoms with Gasteiger partial charge >= 0.3 is 0 Å². The van der Waals surface area contributed by atoms with Crippen molar-refractivity contribution in [3.05, 3.63) is 71.3 Å². The van der Waals surface area contributed by atoms with Crippen LogP contribution in [0.4, 0.5) is 0 Å². The van der Waals surface area contributed by atoms with E-state index in [1.54, 1.807) is 0 Å². The van der Waals surface area contributed by atoms with Crippen LogP contribution in [0.1, 0.15) is 29.5 Å². The molecule has 0 amide bonds. The monoisotopic (exact) mass is 308 g/mol. The third kappa shape index (κ3) is 4.92. The lowest BCUT2D eigenvalue weighted by atomic mass is 9.99. The minimum Gasteiger partial charge on any atom is -0.314 e. The molecule has 0 spiro atoms. The number of aryl methyl sites for hydroxylation is 1. The molecule has 1 N–H and O–H groups in total. The molecule has 0 bridgehead atoms. The van der Waals surface area contributed by atoms with Crippen molar-refractivity contribution < 1.29 is 0 Å². The number of likely N-dealkylation sites (N-methyl/N-ethyl adjacent to an activating group) is 1. The van der Waals surface area contributed by atoms with E-state index in [-0.39, 0.29) is 0 Å². The second-order valence-corrected chi connectivity index (χ2v) is 6.71. The van der Waals surface area contributed by atoms with E-state index in [9.17, 15) is 0 Å². The topological polar surface area (TPSA) is 15.3 Å². The van der Waals surface area contributed by atoms with E-state index in [4.69, 9.17) is 0 Å². The third-order valence-corrected chi connectivity index (χ3v) is 4.89. The fraction of sp³-hybridized carbons (Fsp3) is 0.429. The van der Waals surface area contributed by atoms with Crippen molar-refractivity contribution in [1.29, 1.82) is 0 Å². The summed E-state index contributed by atoms with van der Waals surface area (Å²) in [6.45, 7) is 3.45. The second kappa shape index (κ2) is 8.28. The Hall–Kier alpha value is -1.64. The molecule has 0 aliphatic carbocycles. The summed E-state index contributed by atoms with van der Waals surface area (Å²) in [7, 11) is 2.26. The number of nitrogens with one attached hydrogen (secondary N) is 1. The average molecular weight is 308 g/mol. The molecule has 1 saturated heterocycles. The van der Waals surface area contributed by atoms with E-state index in [2.05, 4.69) is 71.9 Å². The molecular weight excluding hydrogens is 280 g/mol. The molecule has 23 heavy (non-hydrogen) atoms. The zero-order chi connectivity index (χ0) is 15.9. The number of piperazine rings is 1. The van der Waals surface area contributed by atoms with Gasteiger partial charge in [-0.2, -0.15) is 0 Å². The van der Waals surface area contributed by atoms with Crippen LogP contribution in [0, 0.1) is 0 Å². The van der Waals surface area contributed by atoms with Crippen LogP contribution in [0.3, 0.4) is 0 Å². The van der Waals surface area contributed by atoms with E-state index < -0.39 is 0 Å². The lowest BCUT2D eigenvalue weighted by Crippen LogP contribution is -2.49. The predicted octanol–water partition coefficient (Wildman–Crippen LogP) is 3.50. The molecule has 0 saturated carbocycles. The van der Waals surface area contributed by atoms with Crippen molar-refractivity contribution in [3.8, 4) is 0 Å². The van der Waals surface area contributed by atoms with Gasteiger partial charge in [0.25, 0.3) is 0 Å². The van der Waals surface area contributed by atoms with E-state index in [1.807, 2.05) is 0 Å². The zero-order valence-corrected chi connectivity index (χ0v) is 14.2. The van der Waals surface area contributed by atoms with E-state index >= 15 is 0 Å². The second-order valence-electron chi connectivity index (χ2n) is 6.71. The summed E-state index contributed by atoms with van der Waals surface area (Å²) in [6, 6.07) is 20.6. The first-order chi connectivity index (χ1) is 11.3. The van der Waals surface area contributed by atoms with Crippen molar-refractivity contribution in [3.63, 3.8) is 0 Å². The molecule has 0 aromatic heterocycles. The number of rotatable bonds is 6. The molecule has 2 aromatic carbocycles. The largest absolute Gasteiger partial charge is 0.314 e. The molecule has 0 unspecified atom stereocenters. The first-order valence-corrected chi connectivity index (χ1v) is 8.84. The normalized spacial score (nSPS) is 18.9. The molecule has 2 aromatic rings. The fourth-order valence-electron chi connectivity index (χ4n) is 3.45. The molecule has 1 aliphatic heterocycles. The Morgan fingerprint density at radius 2 is 1.78 bits per heavy atom. The van der Waals surface area contributed by atoms with Gasteiger partial charge in [0.15, 0.2) is 0 Å². The molecule has 1 heterocycles. The minimum absolute atomic E-state index is 0.705. The number of hydrogen-bond acceptors (Lipinski definition) is 2. The van der Waals surface area contributed by atoms with Crippen molar-refractivity contribution in [2.24, 2.45) is 0 Å². The van der Waals surface area contributed by atoms with E-state index in [0.717, 1.165) is 19.5 Å². The summed E-state index contributed by atoms with van der Waals surface area (Å²) in [5.74, 6) is 0. The highest BCUT2D eigenvalue weighted by atomic mass is 15.2. The number of hydrogen-bond donors (Lipinski definition) is 1. The molecule has 0 radical (unpaired) electrons. The van der Waals surface area contributed by atoms with Gasteiger partial charge in [0.05, 0.1) is 0 Å². The van der Waals surface area contributed by atoms with Gasteiger partial charge in [-0.05, 0) is 49.4 Å². The quantitative estimate of drug-likeness (QED) is 0.878. The summed E-state index contributed by atoms with van der Waals surface area (Å²) in [4.78, 5) is 2.50. The van der Waals surface area contributed by atoms with Crippen LogP contribution < -0.4 is 5.32 Å². The maximum Gasteiger partial charge on any atom is 0.0218 e. The standard InChI is InChI=1S/C21H28N2/c1-23-14-13-22-17-21(23)12-6-10-19-9-5-11-20(16-19)15-18-7-3-2-4-8-18/h2-5,7-9,11,16,21-22H,6,10,12-15,17H2,1H3/t21-/m1/s1. The highest BCUT2D eigenvalue weighted by molar-refractivity contribution is 5.29. The number of nitrogens with zero attached hydrogens (tertiary/aromatic N) is 1. The summed E-state index contributed by atoms with van der Waals surface area (Å²) >= 11 is 0. The predicted molar refractivity (Wildman–Crippen MR) is 97.9 cm³/mol. The molecule has 2 heteroatoms. The Balaban J connectivity index is 1.51. The summed E-state index contributed by atoms with van der Waals surface area (Å²) in [5, 5.41) is 3.51. The van der Waals surface area contributed by atoms with Crippen LogP contribution in [0.25, 0.3) is 0 Å². The van der Waals surface area contributed by atoms with E-state index in [0.29, 0.717) is 6.04 Å². The molecular formula is C21H28N2. The van der Waals surface area contributed by atoms with Crippen LogP contribution in [0.15, 0.2) is 54.6 Å². The van der Waals surface area contributed by atoms with Gasteiger partial charge in [-0.25, -0.2) is 0 Å². The van der Waals surface area contributed by atoms with Gasteiger partial charge in [0.1, 0.15) is 0 Å². The Morgan fingerprint density at radius 1 is 1.00 bits per heavy atom. The Labute approximate surface area is 140 Å². The molecule has 1 atom stereocenters. The SMILES string of the molecule is CN1CCNC[C@H]1CCCc1cccc(Cc2ccccc2)c1. The van der Waals surface area contributed by atoms with Crippen LogP contribution in [0.2, 0.25) is 0 Å². The van der Waals surface area contributed by atoms with Gasteiger partial charge in [-0.15, -0.1) is 0 Å². The zero-order valence-electron chi connectivity index (χ0n) is 14.2. The molecule has 3 rings (SSSR count). The highest BCUT2D eigenvalue weighted by Gasteiger charge is 2.17. The van der Waals surface area contributed by atoms with Crippen LogP contribution in [0.5, 0.6) is 0 Å². The van der Waals surface area contributed by atoms with Crippen molar-refractivity contribution in [2.75, 3.05) is 26.7 Å². The molecule has 1 fully saturated rings. The summed E-state index contributed by atoms with van der Waals surface area (Å²) in [5.41, 5.74) is 4.29. The molecule has 2 nitrogen and oxygen atoms in total. The maximum atomic E-state index is 3.51. The molecule has 1 aliphatic rings. The lowest BCUT2D eigenvalue weighted by molar-refractivity contribution is 0.188. The molecule has 122 valence electrons. The summed E-state index contributed by atoms with van der Waals surface area (Å²) < 4.78 is 0. The third-order valence-electron chi connectivity index (χ3n) is 4.89. The average Bonchev–Trinajstić information content (AvgIpc) is 2.58. The number of benzene rings is 2. The van der Waals surface area contributed by atoms with Crippen LogP contribution in [-0.2, 0) is 12.8 Å². The van der Waals surface area contributed by atoms with Crippen LogP contribution >= 0.6 is 0 Å². The van der Waals surface area contributed by atoms with Gasteiger partial charge in [-0.3, -0.25) is 0 Å². The fourth-order valence-corrected chi connectivity index (χ4v) is 3.45. The minimum atomic E-state index is 0.705. The van der Waals surface area contributed by atoms with E-state index in [1.165, 1.54) is 42.5 Å². The first kappa shape index (κ1) is 16.2. The Kier molecular flexibility index (Phi) is 5.84. The first-order valence-electron chi connectivity index (χ1n) is 8.84. The van der Waals surface area contributed by atoms with Crippen LogP contribution in [-0.4, -0.2) is 37.6 Å².